The number of halogens is 2. The maximum Gasteiger partial charge on any atom is 0.410 e. The molecule has 0 spiro atoms. The van der Waals surface area contributed by atoms with Gasteiger partial charge in [-0.2, -0.15) is 0 Å². The Bertz CT molecular complexity index is 763. The minimum Gasteiger partial charge on any atom is -0.497 e. The molecule has 2 unspecified atom stereocenters. The van der Waals surface area contributed by atoms with Crippen LogP contribution in [0, 0.1) is 5.92 Å². The maximum atomic E-state index is 13.1. The summed E-state index contributed by atoms with van der Waals surface area (Å²) in [5.74, 6) is 1.01. The summed E-state index contributed by atoms with van der Waals surface area (Å²) in [5.41, 5.74) is 0.409. The van der Waals surface area contributed by atoms with Crippen LogP contribution >= 0.6 is 27.5 Å². The molecule has 1 aromatic carbocycles. The molecule has 0 radical (unpaired) electrons. The molecule has 2 amide bonds. The minimum atomic E-state index is -0.691. The Kier molecular flexibility index (Phi) is 10.8. The van der Waals surface area contributed by atoms with Gasteiger partial charge in [-0.3, -0.25) is 4.79 Å². The van der Waals surface area contributed by atoms with E-state index in [1.807, 2.05) is 45.0 Å². The van der Waals surface area contributed by atoms with Crippen molar-refractivity contribution in [1.29, 1.82) is 0 Å². The molecule has 1 heterocycles. The van der Waals surface area contributed by atoms with Gasteiger partial charge in [-0.25, -0.2) is 4.79 Å². The molecule has 2 atom stereocenters. The van der Waals surface area contributed by atoms with Gasteiger partial charge in [0.05, 0.1) is 18.0 Å². The largest absolute Gasteiger partial charge is 0.497 e. The highest BCUT2D eigenvalue weighted by atomic mass is 79.9. The van der Waals surface area contributed by atoms with E-state index in [4.69, 9.17) is 21.1 Å². The fourth-order valence-corrected chi connectivity index (χ4v) is 4.77. The van der Waals surface area contributed by atoms with Crippen molar-refractivity contribution < 1.29 is 24.2 Å². The number of benzene rings is 1. The molecule has 1 fully saturated rings. The number of carbonyl (C=O) groups is 2. The number of aliphatic hydroxyl groups excluding tert-OH is 1. The SMILES string of the molecule is COc1ccc(CN(CC(O)C2CCN(C(=O)OC(C)(C)C)CC2)C(=O)C(Br)CCCl)cc1. The molecule has 1 aliphatic rings. The first-order valence-corrected chi connectivity index (χ1v) is 12.8. The molecule has 9 heteroatoms. The van der Waals surface area contributed by atoms with Gasteiger partial charge < -0.3 is 24.4 Å². The van der Waals surface area contributed by atoms with Crippen molar-refractivity contribution in [2.75, 3.05) is 32.6 Å². The number of carbonyl (C=O) groups excluding carboxylic acids is 2. The summed E-state index contributed by atoms with van der Waals surface area (Å²) in [6, 6.07) is 7.53. The molecule has 1 aromatic rings. The van der Waals surface area contributed by atoms with Crippen LogP contribution in [0.25, 0.3) is 0 Å². The molecule has 0 bridgehead atoms. The van der Waals surface area contributed by atoms with E-state index in [2.05, 4.69) is 15.9 Å². The smallest absolute Gasteiger partial charge is 0.410 e. The lowest BCUT2D eigenvalue weighted by Gasteiger charge is -2.37. The molecule has 1 N–H and O–H groups in total. The summed E-state index contributed by atoms with van der Waals surface area (Å²) >= 11 is 9.28. The number of aliphatic hydroxyl groups is 1. The zero-order valence-corrected chi connectivity index (χ0v) is 22.3. The van der Waals surface area contributed by atoms with Crippen LogP contribution in [0.2, 0.25) is 0 Å². The van der Waals surface area contributed by atoms with Crippen LogP contribution in [0.15, 0.2) is 24.3 Å². The van der Waals surface area contributed by atoms with Crippen LogP contribution in [0.5, 0.6) is 5.75 Å². The van der Waals surface area contributed by atoms with E-state index < -0.39 is 16.5 Å². The second kappa shape index (κ2) is 12.8. The third-order valence-corrected chi connectivity index (χ3v) is 6.69. The van der Waals surface area contributed by atoms with Crippen LogP contribution in [0.4, 0.5) is 4.79 Å². The molecule has 0 aromatic heterocycles. The van der Waals surface area contributed by atoms with Crippen LogP contribution in [-0.4, -0.2) is 76.1 Å². The highest BCUT2D eigenvalue weighted by Gasteiger charge is 2.32. The van der Waals surface area contributed by atoms with E-state index in [0.29, 0.717) is 44.8 Å². The van der Waals surface area contributed by atoms with E-state index in [1.54, 1.807) is 16.9 Å². The van der Waals surface area contributed by atoms with Crippen molar-refractivity contribution in [3.05, 3.63) is 29.8 Å². The van der Waals surface area contributed by atoms with Crippen molar-refractivity contribution in [3.8, 4) is 5.75 Å². The standard InChI is InChI=1S/C24H36BrClN2O5/c1-24(2,3)33-23(31)27-13-10-18(11-14-27)21(29)16-28(22(30)20(25)9-12-26)15-17-5-7-19(32-4)8-6-17/h5-8,18,20-21,29H,9-16H2,1-4H3. The van der Waals surface area contributed by atoms with Crippen molar-refractivity contribution in [2.24, 2.45) is 5.92 Å². The molecule has 186 valence electrons. The van der Waals surface area contributed by atoms with Crippen LogP contribution in [-0.2, 0) is 16.1 Å². The third kappa shape index (κ3) is 8.98. The first-order chi connectivity index (χ1) is 15.5. The first-order valence-electron chi connectivity index (χ1n) is 11.3. The van der Waals surface area contributed by atoms with Crippen molar-refractivity contribution in [2.45, 2.75) is 63.1 Å². The van der Waals surface area contributed by atoms with Crippen LogP contribution in [0.3, 0.4) is 0 Å². The molecule has 33 heavy (non-hydrogen) atoms. The minimum absolute atomic E-state index is 0.00310. The zero-order valence-electron chi connectivity index (χ0n) is 19.9. The molecular weight excluding hydrogens is 512 g/mol. The van der Waals surface area contributed by atoms with Gasteiger partial charge in [-0.05, 0) is 63.6 Å². The van der Waals surface area contributed by atoms with E-state index in [0.717, 1.165) is 11.3 Å². The van der Waals surface area contributed by atoms with Gasteiger partial charge in [-0.15, -0.1) is 11.6 Å². The van der Waals surface area contributed by atoms with E-state index in [1.165, 1.54) is 0 Å². The maximum absolute atomic E-state index is 13.1. The Morgan fingerprint density at radius 3 is 2.36 bits per heavy atom. The van der Waals surface area contributed by atoms with Crippen molar-refractivity contribution in [3.63, 3.8) is 0 Å². The molecule has 0 aliphatic carbocycles. The highest BCUT2D eigenvalue weighted by Crippen LogP contribution is 2.25. The number of ether oxygens (including phenoxy) is 2. The van der Waals surface area contributed by atoms with Gasteiger partial charge >= 0.3 is 6.09 Å². The van der Waals surface area contributed by atoms with Gasteiger partial charge in [0.1, 0.15) is 11.4 Å². The third-order valence-electron chi connectivity index (χ3n) is 5.62. The summed E-state index contributed by atoms with van der Waals surface area (Å²) < 4.78 is 10.7. The predicted octanol–water partition coefficient (Wildman–Crippen LogP) is 4.42. The zero-order chi connectivity index (χ0) is 24.6. The highest BCUT2D eigenvalue weighted by molar-refractivity contribution is 9.10. The summed E-state index contributed by atoms with van der Waals surface area (Å²) in [4.78, 5) is 28.3. The average molecular weight is 548 g/mol. The number of piperidine rings is 1. The summed E-state index contributed by atoms with van der Waals surface area (Å²) in [6.45, 7) is 7.17. The van der Waals surface area contributed by atoms with E-state index in [-0.39, 0.29) is 24.5 Å². The molecule has 1 saturated heterocycles. The first kappa shape index (κ1) is 27.7. The Labute approximate surface area is 210 Å². The number of rotatable bonds is 9. The summed E-state index contributed by atoms with van der Waals surface area (Å²) in [5, 5.41) is 11.0. The second-order valence-electron chi connectivity index (χ2n) is 9.38. The topological polar surface area (TPSA) is 79.3 Å². The van der Waals surface area contributed by atoms with E-state index >= 15 is 0 Å². The predicted molar refractivity (Wildman–Crippen MR) is 133 cm³/mol. The fourth-order valence-electron chi connectivity index (χ4n) is 3.77. The average Bonchev–Trinajstić information content (AvgIpc) is 2.77. The Morgan fingerprint density at radius 2 is 1.85 bits per heavy atom. The fraction of sp³-hybridized carbons (Fsp3) is 0.667. The number of amides is 2. The van der Waals surface area contributed by atoms with Crippen LogP contribution < -0.4 is 4.74 Å². The molecular formula is C24H36BrClN2O5. The van der Waals surface area contributed by atoms with E-state index in [9.17, 15) is 14.7 Å². The summed E-state index contributed by atoms with van der Waals surface area (Å²) in [7, 11) is 1.61. The Balaban J connectivity index is 2.01. The number of alkyl halides is 2. The van der Waals surface area contributed by atoms with Crippen molar-refractivity contribution >= 4 is 39.5 Å². The number of hydrogen-bond acceptors (Lipinski definition) is 5. The Morgan fingerprint density at radius 1 is 1.24 bits per heavy atom. The van der Waals surface area contributed by atoms with Gasteiger partial charge in [0.15, 0.2) is 0 Å². The molecule has 7 nitrogen and oxygen atoms in total. The second-order valence-corrected chi connectivity index (χ2v) is 10.9. The van der Waals surface area contributed by atoms with Gasteiger partial charge in [-0.1, -0.05) is 28.1 Å². The lowest BCUT2D eigenvalue weighted by atomic mass is 9.91. The molecule has 2 rings (SSSR count). The number of methoxy groups -OCH3 is 1. The number of hydrogen-bond donors (Lipinski definition) is 1. The van der Waals surface area contributed by atoms with Gasteiger partial charge in [0.25, 0.3) is 0 Å². The summed E-state index contributed by atoms with van der Waals surface area (Å²) in [6.07, 6.45) is 0.803. The van der Waals surface area contributed by atoms with Crippen LogP contribution in [0.1, 0.15) is 45.6 Å². The molecule has 0 saturated carbocycles. The Hall–Kier alpha value is -1.51. The lowest BCUT2D eigenvalue weighted by Crippen LogP contribution is -2.47. The lowest BCUT2D eigenvalue weighted by molar-refractivity contribution is -0.133. The normalized spacial score (nSPS) is 16.8. The number of likely N-dealkylation sites (tertiary alicyclic amines) is 1. The monoisotopic (exact) mass is 546 g/mol. The van der Waals surface area contributed by atoms with Crippen molar-refractivity contribution in [1.82, 2.24) is 9.80 Å². The van der Waals surface area contributed by atoms with Gasteiger partial charge in [0, 0.05) is 32.1 Å². The quantitative estimate of drug-likeness (QED) is 0.463. The molecule has 1 aliphatic heterocycles. The van der Waals surface area contributed by atoms with Gasteiger partial charge in [0.2, 0.25) is 5.91 Å². The number of nitrogens with zero attached hydrogens (tertiary/aromatic N) is 2.